The first-order valence-electron chi connectivity index (χ1n) is 5.49. The van der Waals surface area contributed by atoms with Crippen molar-refractivity contribution in [3.63, 3.8) is 0 Å². The topological polar surface area (TPSA) is 76.0 Å². The molecule has 0 unspecified atom stereocenters. The van der Waals surface area contributed by atoms with Gasteiger partial charge in [0.1, 0.15) is 0 Å². The zero-order valence-electron chi connectivity index (χ0n) is 10.4. The summed E-state index contributed by atoms with van der Waals surface area (Å²) in [5.41, 5.74) is 3.81. The number of aromatic amines is 1. The van der Waals surface area contributed by atoms with Crippen molar-refractivity contribution in [1.29, 1.82) is 0 Å². The van der Waals surface area contributed by atoms with Crippen LogP contribution in [-0.4, -0.2) is 10.9 Å². The molecule has 0 atom stereocenters. The van der Waals surface area contributed by atoms with Crippen LogP contribution < -0.4 is 11.3 Å². The van der Waals surface area contributed by atoms with Gasteiger partial charge in [-0.25, -0.2) is 0 Å². The van der Waals surface area contributed by atoms with Crippen molar-refractivity contribution in [3.8, 4) is 11.1 Å². The molecule has 21 heavy (non-hydrogen) atoms. The summed E-state index contributed by atoms with van der Waals surface area (Å²) < 4.78 is 38.1. The molecule has 112 valence electrons. The monoisotopic (exact) mass is 362 g/mol. The van der Waals surface area contributed by atoms with Gasteiger partial charge < -0.3 is 10.7 Å². The summed E-state index contributed by atoms with van der Waals surface area (Å²) in [6, 6.07) is 5.07. The van der Waals surface area contributed by atoms with Crippen LogP contribution in [0.1, 0.15) is 15.9 Å². The van der Waals surface area contributed by atoms with Gasteiger partial charge in [-0.05, 0) is 35.4 Å². The van der Waals surface area contributed by atoms with E-state index in [1.54, 1.807) is 0 Å². The number of nitrogens with two attached hydrogens (primary N) is 1. The van der Waals surface area contributed by atoms with Gasteiger partial charge in [-0.2, -0.15) is 13.2 Å². The Bertz CT molecular complexity index is 726. The third-order valence-electron chi connectivity index (χ3n) is 2.70. The number of rotatable bonds is 2. The van der Waals surface area contributed by atoms with Crippen molar-refractivity contribution in [3.05, 3.63) is 58.0 Å². The molecule has 0 aliphatic rings. The predicted octanol–water partition coefficient (Wildman–Crippen LogP) is 2.74. The van der Waals surface area contributed by atoms with Crippen molar-refractivity contribution < 1.29 is 18.0 Å². The Labute approximate surface area is 127 Å². The minimum absolute atomic E-state index is 0. The Morgan fingerprint density at radius 3 is 2.33 bits per heavy atom. The smallest absolute Gasteiger partial charge is 0.366 e. The van der Waals surface area contributed by atoms with Crippen molar-refractivity contribution in [1.82, 2.24) is 4.98 Å². The number of amides is 1. The molecule has 0 aliphatic carbocycles. The number of hydrogen-bond donors (Lipinski definition) is 2. The van der Waals surface area contributed by atoms with E-state index in [1.807, 2.05) is 0 Å². The van der Waals surface area contributed by atoms with Crippen molar-refractivity contribution in [2.45, 2.75) is 6.18 Å². The van der Waals surface area contributed by atoms with E-state index in [1.165, 1.54) is 12.3 Å². The summed E-state index contributed by atoms with van der Waals surface area (Å²) in [5, 5.41) is 0. The number of halogens is 4. The highest BCUT2D eigenvalue weighted by Gasteiger charge is 2.31. The van der Waals surface area contributed by atoms with Gasteiger partial charge in [-0.3, -0.25) is 9.59 Å². The van der Waals surface area contributed by atoms with Crippen LogP contribution in [0.4, 0.5) is 13.2 Å². The van der Waals surface area contributed by atoms with Gasteiger partial charge in [-0.15, -0.1) is 17.0 Å². The van der Waals surface area contributed by atoms with E-state index in [-0.39, 0.29) is 33.7 Å². The fourth-order valence-electron chi connectivity index (χ4n) is 1.79. The lowest BCUT2D eigenvalue weighted by Gasteiger charge is -2.12. The number of benzene rings is 1. The highest BCUT2D eigenvalue weighted by atomic mass is 79.9. The van der Waals surface area contributed by atoms with Gasteiger partial charge in [0, 0.05) is 17.8 Å². The standard InChI is InChI=1S/C13H9F3N2O2.BrH/c14-13(15,16)8-1-2-9(12(17)20)10(6-8)7-3-4-18-11(19)5-7;/h1-6H,(H2,17,20)(H,18,19);1H. The highest BCUT2D eigenvalue weighted by molar-refractivity contribution is 8.93. The van der Waals surface area contributed by atoms with Crippen LogP contribution in [0.15, 0.2) is 41.3 Å². The SMILES string of the molecule is Br.NC(=O)c1ccc(C(F)(F)F)cc1-c1cc[nH]c(=O)c1. The van der Waals surface area contributed by atoms with Gasteiger partial charge in [0.25, 0.3) is 0 Å². The number of alkyl halides is 3. The molecule has 2 aromatic rings. The van der Waals surface area contributed by atoms with Crippen molar-refractivity contribution in [2.75, 3.05) is 0 Å². The number of pyridine rings is 1. The first kappa shape index (κ1) is 17.0. The Morgan fingerprint density at radius 2 is 1.81 bits per heavy atom. The van der Waals surface area contributed by atoms with E-state index in [0.717, 1.165) is 24.3 Å². The molecule has 8 heteroatoms. The van der Waals surface area contributed by atoms with Gasteiger partial charge in [0.05, 0.1) is 5.56 Å². The minimum Gasteiger partial charge on any atom is -0.366 e. The van der Waals surface area contributed by atoms with Gasteiger partial charge >= 0.3 is 6.18 Å². The number of primary amides is 1. The molecule has 0 radical (unpaired) electrons. The Balaban J connectivity index is 0.00000220. The van der Waals surface area contributed by atoms with Crippen LogP contribution in [0.5, 0.6) is 0 Å². The van der Waals surface area contributed by atoms with Gasteiger partial charge in [0.2, 0.25) is 11.5 Å². The van der Waals surface area contributed by atoms with E-state index in [9.17, 15) is 22.8 Å². The second-order valence-corrected chi connectivity index (χ2v) is 4.06. The second-order valence-electron chi connectivity index (χ2n) is 4.06. The maximum Gasteiger partial charge on any atom is 0.416 e. The Morgan fingerprint density at radius 1 is 1.14 bits per heavy atom. The van der Waals surface area contributed by atoms with E-state index in [2.05, 4.69) is 4.98 Å². The van der Waals surface area contributed by atoms with E-state index in [0.29, 0.717) is 0 Å². The predicted molar refractivity (Wildman–Crippen MR) is 76.3 cm³/mol. The quantitative estimate of drug-likeness (QED) is 0.861. The molecule has 2 rings (SSSR count). The number of aromatic nitrogens is 1. The fourth-order valence-corrected chi connectivity index (χ4v) is 1.79. The molecule has 0 fully saturated rings. The van der Waals surface area contributed by atoms with Crippen LogP contribution in [-0.2, 0) is 6.18 Å². The fraction of sp³-hybridized carbons (Fsp3) is 0.0769. The molecule has 0 aliphatic heterocycles. The number of nitrogens with one attached hydrogen (secondary N) is 1. The molecule has 3 N–H and O–H groups in total. The summed E-state index contributed by atoms with van der Waals surface area (Å²) in [7, 11) is 0. The summed E-state index contributed by atoms with van der Waals surface area (Å²) in [5.74, 6) is -0.867. The van der Waals surface area contributed by atoms with Crippen molar-refractivity contribution >= 4 is 22.9 Å². The molecule has 1 aromatic heterocycles. The highest BCUT2D eigenvalue weighted by Crippen LogP contribution is 2.33. The van der Waals surface area contributed by atoms with Crippen LogP contribution >= 0.6 is 17.0 Å². The van der Waals surface area contributed by atoms with E-state index < -0.39 is 23.2 Å². The maximum atomic E-state index is 12.7. The van der Waals surface area contributed by atoms with Crippen LogP contribution in [0.2, 0.25) is 0 Å². The van der Waals surface area contributed by atoms with Gasteiger partial charge in [-0.1, -0.05) is 0 Å². The molecular formula is C13H10BrF3N2O2. The summed E-state index contributed by atoms with van der Waals surface area (Å²) >= 11 is 0. The molecule has 1 amide bonds. The van der Waals surface area contributed by atoms with Crippen LogP contribution in [0.25, 0.3) is 11.1 Å². The average Bonchev–Trinajstić information content (AvgIpc) is 2.37. The van der Waals surface area contributed by atoms with E-state index >= 15 is 0 Å². The first-order chi connectivity index (χ1) is 9.29. The molecule has 1 heterocycles. The molecule has 0 saturated heterocycles. The third-order valence-corrected chi connectivity index (χ3v) is 2.70. The lowest BCUT2D eigenvalue weighted by molar-refractivity contribution is -0.137. The van der Waals surface area contributed by atoms with Crippen LogP contribution in [0, 0.1) is 0 Å². The average molecular weight is 363 g/mol. The lowest BCUT2D eigenvalue weighted by Crippen LogP contribution is -2.14. The number of hydrogen-bond acceptors (Lipinski definition) is 2. The number of carbonyl (C=O) groups is 1. The van der Waals surface area contributed by atoms with Gasteiger partial charge in [0.15, 0.2) is 0 Å². The van der Waals surface area contributed by atoms with Crippen LogP contribution in [0.3, 0.4) is 0 Å². The Kier molecular flexibility index (Phi) is 4.95. The zero-order chi connectivity index (χ0) is 14.9. The molecule has 0 saturated carbocycles. The largest absolute Gasteiger partial charge is 0.416 e. The van der Waals surface area contributed by atoms with E-state index in [4.69, 9.17) is 5.73 Å². The lowest BCUT2D eigenvalue weighted by atomic mass is 9.97. The summed E-state index contributed by atoms with van der Waals surface area (Å²) in [6.07, 6.45) is -3.27. The number of H-pyrrole nitrogens is 1. The molecule has 0 bridgehead atoms. The second kappa shape index (κ2) is 6.13. The summed E-state index contributed by atoms with van der Waals surface area (Å²) in [6.45, 7) is 0. The minimum atomic E-state index is -4.55. The first-order valence-corrected chi connectivity index (χ1v) is 5.49. The Hall–Kier alpha value is -2.09. The maximum absolute atomic E-state index is 12.7. The molecule has 4 nitrogen and oxygen atoms in total. The summed E-state index contributed by atoms with van der Waals surface area (Å²) in [4.78, 5) is 24.9. The number of carbonyl (C=O) groups excluding carboxylic acids is 1. The molecular weight excluding hydrogens is 353 g/mol. The third kappa shape index (κ3) is 3.72. The van der Waals surface area contributed by atoms with Crippen molar-refractivity contribution in [2.24, 2.45) is 5.73 Å². The zero-order valence-corrected chi connectivity index (χ0v) is 12.1. The molecule has 0 spiro atoms. The normalized spacial score (nSPS) is 10.8. The molecule has 1 aromatic carbocycles.